The molecule has 0 atom stereocenters. The van der Waals surface area contributed by atoms with Crippen LogP contribution in [0.5, 0.6) is 0 Å². The molecule has 0 bridgehead atoms. The summed E-state index contributed by atoms with van der Waals surface area (Å²) in [6.07, 6.45) is 5.83. The van der Waals surface area contributed by atoms with Crippen LogP contribution in [0.3, 0.4) is 0 Å². The fraction of sp³-hybridized carbons (Fsp3) is 0.900. The zero-order chi connectivity index (χ0) is 9.31. The van der Waals surface area contributed by atoms with E-state index >= 15 is 0 Å². The van der Waals surface area contributed by atoms with Crippen molar-refractivity contribution in [3.8, 4) is 0 Å². The molecule has 0 aromatic heterocycles. The number of piperidine rings is 1. The van der Waals surface area contributed by atoms with Crippen LogP contribution in [0.2, 0.25) is 0 Å². The Balaban J connectivity index is 2.12. The molecule has 0 radical (unpaired) electrons. The molecule has 2 fully saturated rings. The SMILES string of the molecule is CN1CCC2(CCC/C2=N\O)CC1. The highest BCUT2D eigenvalue weighted by Gasteiger charge is 2.41. The Labute approximate surface area is 79.4 Å². The second-order valence-electron chi connectivity index (χ2n) is 4.48. The molecule has 1 aliphatic carbocycles. The molecule has 1 spiro atoms. The number of rotatable bonds is 0. The van der Waals surface area contributed by atoms with E-state index in [9.17, 15) is 0 Å². The number of oxime groups is 1. The largest absolute Gasteiger partial charge is 0.411 e. The minimum atomic E-state index is 0.279. The van der Waals surface area contributed by atoms with Gasteiger partial charge in [-0.2, -0.15) is 0 Å². The lowest BCUT2D eigenvalue weighted by Gasteiger charge is -2.37. The maximum absolute atomic E-state index is 8.92. The van der Waals surface area contributed by atoms with Gasteiger partial charge in [0.25, 0.3) is 0 Å². The zero-order valence-electron chi connectivity index (χ0n) is 8.29. The number of hydrogen-bond donors (Lipinski definition) is 1. The molecule has 1 N–H and O–H groups in total. The van der Waals surface area contributed by atoms with Crippen molar-refractivity contribution >= 4 is 5.71 Å². The second-order valence-corrected chi connectivity index (χ2v) is 4.48. The fourth-order valence-electron chi connectivity index (χ4n) is 2.74. The minimum absolute atomic E-state index is 0.279. The standard InChI is InChI=1S/C10H18N2O/c1-12-7-5-10(6-8-12)4-2-3-9(10)11-13/h13H,2-8H2,1H3/b11-9+. The Morgan fingerprint density at radius 3 is 2.62 bits per heavy atom. The molecule has 2 rings (SSSR count). The van der Waals surface area contributed by atoms with Gasteiger partial charge in [-0.1, -0.05) is 5.16 Å². The quantitative estimate of drug-likeness (QED) is 0.457. The molecule has 0 amide bonds. The van der Waals surface area contributed by atoms with E-state index in [0.29, 0.717) is 0 Å². The molecular weight excluding hydrogens is 164 g/mol. The number of hydrogen-bond acceptors (Lipinski definition) is 3. The molecule has 0 aromatic carbocycles. The molecule has 1 saturated heterocycles. The van der Waals surface area contributed by atoms with E-state index < -0.39 is 0 Å². The average molecular weight is 182 g/mol. The Morgan fingerprint density at radius 2 is 2.00 bits per heavy atom. The molecule has 1 saturated carbocycles. The summed E-state index contributed by atoms with van der Waals surface area (Å²) in [6, 6.07) is 0. The van der Waals surface area contributed by atoms with Gasteiger partial charge in [-0.25, -0.2) is 0 Å². The average Bonchev–Trinajstić information content (AvgIpc) is 2.54. The van der Waals surface area contributed by atoms with Crippen molar-refractivity contribution in [1.82, 2.24) is 4.90 Å². The topological polar surface area (TPSA) is 35.8 Å². The van der Waals surface area contributed by atoms with Crippen LogP contribution in [-0.4, -0.2) is 36.0 Å². The Bertz CT molecular complexity index is 217. The van der Waals surface area contributed by atoms with Gasteiger partial charge in [0.1, 0.15) is 0 Å². The Morgan fingerprint density at radius 1 is 1.31 bits per heavy atom. The first-order chi connectivity index (χ1) is 6.27. The summed E-state index contributed by atoms with van der Waals surface area (Å²) in [6.45, 7) is 2.30. The van der Waals surface area contributed by atoms with Crippen LogP contribution in [0.4, 0.5) is 0 Å². The van der Waals surface area contributed by atoms with Crippen molar-refractivity contribution in [2.24, 2.45) is 10.6 Å². The van der Waals surface area contributed by atoms with Crippen molar-refractivity contribution in [3.05, 3.63) is 0 Å². The maximum atomic E-state index is 8.92. The van der Waals surface area contributed by atoms with E-state index in [4.69, 9.17) is 5.21 Å². The van der Waals surface area contributed by atoms with Crippen LogP contribution in [0.25, 0.3) is 0 Å². The Kier molecular flexibility index (Phi) is 2.28. The summed E-state index contributed by atoms with van der Waals surface area (Å²) < 4.78 is 0. The smallest absolute Gasteiger partial charge is 0.0633 e. The summed E-state index contributed by atoms with van der Waals surface area (Å²) in [4.78, 5) is 2.36. The van der Waals surface area contributed by atoms with Gasteiger partial charge < -0.3 is 10.1 Å². The maximum Gasteiger partial charge on any atom is 0.0633 e. The van der Waals surface area contributed by atoms with E-state index in [1.807, 2.05) is 0 Å². The van der Waals surface area contributed by atoms with Crippen LogP contribution >= 0.6 is 0 Å². The van der Waals surface area contributed by atoms with Gasteiger partial charge in [0.05, 0.1) is 5.71 Å². The van der Waals surface area contributed by atoms with E-state index in [-0.39, 0.29) is 5.41 Å². The third kappa shape index (κ3) is 1.46. The van der Waals surface area contributed by atoms with Crippen LogP contribution in [0.15, 0.2) is 5.16 Å². The van der Waals surface area contributed by atoms with Gasteiger partial charge in [0, 0.05) is 5.41 Å². The van der Waals surface area contributed by atoms with Crippen molar-refractivity contribution < 1.29 is 5.21 Å². The van der Waals surface area contributed by atoms with Gasteiger partial charge in [-0.15, -0.1) is 0 Å². The molecule has 3 heteroatoms. The summed E-state index contributed by atoms with van der Waals surface area (Å²) in [7, 11) is 2.16. The molecule has 13 heavy (non-hydrogen) atoms. The molecule has 0 unspecified atom stereocenters. The lowest BCUT2D eigenvalue weighted by atomic mass is 9.76. The third-order valence-corrected chi connectivity index (χ3v) is 3.75. The molecule has 74 valence electrons. The van der Waals surface area contributed by atoms with E-state index in [0.717, 1.165) is 25.2 Å². The summed E-state index contributed by atoms with van der Waals surface area (Å²) >= 11 is 0. The lowest BCUT2D eigenvalue weighted by Crippen LogP contribution is -2.40. The molecule has 0 aromatic rings. The minimum Gasteiger partial charge on any atom is -0.411 e. The fourth-order valence-corrected chi connectivity index (χ4v) is 2.74. The normalized spacial score (nSPS) is 31.6. The van der Waals surface area contributed by atoms with E-state index in [1.54, 1.807) is 0 Å². The highest BCUT2D eigenvalue weighted by Crippen LogP contribution is 2.43. The molecule has 1 aliphatic heterocycles. The molecular formula is C10H18N2O. The Hall–Kier alpha value is -0.570. The summed E-state index contributed by atoms with van der Waals surface area (Å²) in [5, 5.41) is 12.4. The lowest BCUT2D eigenvalue weighted by molar-refractivity contribution is 0.175. The highest BCUT2D eigenvalue weighted by molar-refractivity contribution is 5.91. The first-order valence-corrected chi connectivity index (χ1v) is 5.17. The van der Waals surface area contributed by atoms with Crippen molar-refractivity contribution in [3.63, 3.8) is 0 Å². The van der Waals surface area contributed by atoms with Crippen LogP contribution in [0.1, 0.15) is 32.1 Å². The van der Waals surface area contributed by atoms with Gasteiger partial charge in [-0.3, -0.25) is 0 Å². The van der Waals surface area contributed by atoms with E-state index in [2.05, 4.69) is 17.1 Å². The van der Waals surface area contributed by atoms with Gasteiger partial charge in [0.15, 0.2) is 0 Å². The highest BCUT2D eigenvalue weighted by atomic mass is 16.4. The predicted octanol–water partition coefficient (Wildman–Crippen LogP) is 1.71. The van der Waals surface area contributed by atoms with Crippen LogP contribution in [-0.2, 0) is 0 Å². The van der Waals surface area contributed by atoms with E-state index in [1.165, 1.54) is 25.7 Å². The predicted molar refractivity (Wildman–Crippen MR) is 52.2 cm³/mol. The monoisotopic (exact) mass is 182 g/mol. The number of likely N-dealkylation sites (tertiary alicyclic amines) is 1. The van der Waals surface area contributed by atoms with Crippen molar-refractivity contribution in [2.75, 3.05) is 20.1 Å². The second kappa shape index (κ2) is 3.29. The van der Waals surface area contributed by atoms with Crippen molar-refractivity contribution in [2.45, 2.75) is 32.1 Å². The first-order valence-electron chi connectivity index (χ1n) is 5.17. The van der Waals surface area contributed by atoms with Gasteiger partial charge in [0.2, 0.25) is 0 Å². The number of nitrogens with zero attached hydrogens (tertiary/aromatic N) is 2. The third-order valence-electron chi connectivity index (χ3n) is 3.75. The molecule has 2 aliphatic rings. The van der Waals surface area contributed by atoms with Crippen LogP contribution < -0.4 is 0 Å². The molecule has 3 nitrogen and oxygen atoms in total. The van der Waals surface area contributed by atoms with Gasteiger partial charge >= 0.3 is 0 Å². The molecule has 1 heterocycles. The van der Waals surface area contributed by atoms with Crippen molar-refractivity contribution in [1.29, 1.82) is 0 Å². The zero-order valence-corrected chi connectivity index (χ0v) is 8.29. The summed E-state index contributed by atoms with van der Waals surface area (Å²) in [5.41, 5.74) is 1.35. The van der Waals surface area contributed by atoms with Gasteiger partial charge in [-0.05, 0) is 52.2 Å². The summed E-state index contributed by atoms with van der Waals surface area (Å²) in [5.74, 6) is 0. The first kappa shape index (κ1) is 9.00. The van der Waals surface area contributed by atoms with Crippen LogP contribution in [0, 0.1) is 5.41 Å².